The lowest BCUT2D eigenvalue weighted by Gasteiger charge is -2.50. The Hall–Kier alpha value is -0.263. The highest BCUT2D eigenvalue weighted by atomic mass is 28.4. The molecular weight excluding hydrogens is 308 g/mol. The SMILES string of the molecule is C#CCC1(C2CCC3C(O[Si](C)(C)C(C)(C)C)CCCC32C)CC1. The summed E-state index contributed by atoms with van der Waals surface area (Å²) in [5, 5.41) is 0.306. The Labute approximate surface area is 151 Å². The van der Waals surface area contributed by atoms with Crippen LogP contribution < -0.4 is 0 Å². The molecule has 0 aromatic rings. The maximum Gasteiger partial charge on any atom is 0.192 e. The van der Waals surface area contributed by atoms with E-state index in [2.05, 4.69) is 46.7 Å². The highest BCUT2D eigenvalue weighted by Crippen LogP contribution is 2.69. The Morgan fingerprint density at radius 1 is 1.12 bits per heavy atom. The van der Waals surface area contributed by atoms with Crippen molar-refractivity contribution in [3.05, 3.63) is 0 Å². The third-order valence-electron chi connectivity index (χ3n) is 8.40. The summed E-state index contributed by atoms with van der Waals surface area (Å²) in [6.45, 7) is 14.5. The molecule has 0 aliphatic heterocycles. The van der Waals surface area contributed by atoms with Crippen molar-refractivity contribution in [1.29, 1.82) is 0 Å². The molecule has 4 atom stereocenters. The van der Waals surface area contributed by atoms with Crippen LogP contribution in [0.25, 0.3) is 0 Å². The average Bonchev–Trinajstić information content (AvgIpc) is 3.12. The summed E-state index contributed by atoms with van der Waals surface area (Å²) in [5.74, 6) is 4.61. The van der Waals surface area contributed by atoms with Crippen molar-refractivity contribution in [2.45, 2.75) is 103 Å². The van der Waals surface area contributed by atoms with Gasteiger partial charge in [0, 0.05) is 12.5 Å². The molecule has 0 heterocycles. The van der Waals surface area contributed by atoms with E-state index in [9.17, 15) is 0 Å². The Morgan fingerprint density at radius 2 is 1.79 bits per heavy atom. The second kappa shape index (κ2) is 5.88. The molecule has 2 heteroatoms. The molecule has 24 heavy (non-hydrogen) atoms. The van der Waals surface area contributed by atoms with Crippen LogP contribution in [-0.4, -0.2) is 14.4 Å². The molecular formula is C22H38OSi. The summed E-state index contributed by atoms with van der Waals surface area (Å²) in [4.78, 5) is 0. The van der Waals surface area contributed by atoms with Gasteiger partial charge in [-0.25, -0.2) is 0 Å². The van der Waals surface area contributed by atoms with Crippen LogP contribution in [0.3, 0.4) is 0 Å². The van der Waals surface area contributed by atoms with E-state index < -0.39 is 8.32 Å². The zero-order valence-electron chi connectivity index (χ0n) is 16.9. The van der Waals surface area contributed by atoms with Gasteiger partial charge in [-0.3, -0.25) is 0 Å². The Bertz CT molecular complexity index is 519. The lowest BCUT2D eigenvalue weighted by atomic mass is 9.60. The highest BCUT2D eigenvalue weighted by Gasteiger charge is 2.62. The van der Waals surface area contributed by atoms with Crippen molar-refractivity contribution in [3.8, 4) is 12.3 Å². The minimum absolute atomic E-state index is 0.306. The molecule has 1 nitrogen and oxygen atoms in total. The molecule has 3 aliphatic carbocycles. The van der Waals surface area contributed by atoms with Crippen molar-refractivity contribution >= 4 is 8.32 Å². The van der Waals surface area contributed by atoms with Crippen LogP contribution >= 0.6 is 0 Å². The number of fused-ring (bicyclic) bond motifs is 1. The van der Waals surface area contributed by atoms with Crippen LogP contribution in [0.4, 0.5) is 0 Å². The minimum atomic E-state index is -1.68. The van der Waals surface area contributed by atoms with Gasteiger partial charge < -0.3 is 4.43 Å². The molecule has 0 N–H and O–H groups in total. The number of terminal acetylenes is 1. The highest BCUT2D eigenvalue weighted by molar-refractivity contribution is 6.74. The molecule has 0 spiro atoms. The molecule has 0 amide bonds. The standard InChI is InChI=1S/C22H38OSi/c1-8-13-22(15-16-22)19-12-11-17-18(10-9-14-21(17,19)5)23-24(6,7)20(2,3)4/h1,17-19H,9-16H2,2-7H3. The summed E-state index contributed by atoms with van der Waals surface area (Å²) in [7, 11) is -1.68. The first-order valence-electron chi connectivity index (χ1n) is 10.2. The number of rotatable bonds is 4. The summed E-state index contributed by atoms with van der Waals surface area (Å²) >= 11 is 0. The molecule has 136 valence electrons. The van der Waals surface area contributed by atoms with Gasteiger partial charge in [0.05, 0.1) is 0 Å². The molecule has 0 aromatic heterocycles. The Balaban J connectivity index is 1.79. The second-order valence-electron chi connectivity index (χ2n) is 10.8. The van der Waals surface area contributed by atoms with Crippen LogP contribution in [0.1, 0.15) is 79.1 Å². The van der Waals surface area contributed by atoms with Crippen molar-refractivity contribution in [2.24, 2.45) is 22.7 Å². The monoisotopic (exact) mass is 346 g/mol. The van der Waals surface area contributed by atoms with E-state index >= 15 is 0 Å². The lowest BCUT2D eigenvalue weighted by Crippen LogP contribution is -2.50. The normalized spacial score (nSPS) is 38.5. The minimum Gasteiger partial charge on any atom is -0.414 e. The van der Waals surface area contributed by atoms with Crippen molar-refractivity contribution in [2.75, 3.05) is 0 Å². The van der Waals surface area contributed by atoms with Crippen LogP contribution in [0, 0.1) is 35.0 Å². The fourth-order valence-electron chi connectivity index (χ4n) is 5.83. The van der Waals surface area contributed by atoms with E-state index in [0.29, 0.717) is 22.0 Å². The summed E-state index contributed by atoms with van der Waals surface area (Å²) in [6, 6.07) is 0. The zero-order valence-corrected chi connectivity index (χ0v) is 17.9. The molecule has 3 aliphatic rings. The van der Waals surface area contributed by atoms with Gasteiger partial charge in [-0.15, -0.1) is 12.3 Å². The van der Waals surface area contributed by atoms with Gasteiger partial charge in [0.15, 0.2) is 8.32 Å². The molecule has 3 rings (SSSR count). The van der Waals surface area contributed by atoms with Crippen molar-refractivity contribution < 1.29 is 4.43 Å². The van der Waals surface area contributed by atoms with E-state index in [1.54, 1.807) is 0 Å². The molecule has 0 saturated heterocycles. The zero-order chi connectivity index (χ0) is 17.8. The van der Waals surface area contributed by atoms with E-state index in [0.717, 1.165) is 18.3 Å². The molecule has 3 fully saturated rings. The number of hydrogen-bond acceptors (Lipinski definition) is 1. The molecule has 4 unspecified atom stereocenters. The fourth-order valence-corrected chi connectivity index (χ4v) is 7.23. The molecule has 3 saturated carbocycles. The summed E-state index contributed by atoms with van der Waals surface area (Å²) < 4.78 is 6.96. The summed E-state index contributed by atoms with van der Waals surface area (Å²) in [6.07, 6.45) is 16.7. The van der Waals surface area contributed by atoms with Gasteiger partial charge in [0.1, 0.15) is 0 Å². The third-order valence-corrected chi connectivity index (χ3v) is 12.9. The smallest absolute Gasteiger partial charge is 0.192 e. The maximum atomic E-state index is 6.96. The third kappa shape index (κ3) is 2.90. The topological polar surface area (TPSA) is 9.23 Å². The predicted molar refractivity (Wildman–Crippen MR) is 105 cm³/mol. The molecule has 0 aromatic carbocycles. The number of hydrogen-bond donors (Lipinski definition) is 0. The molecule has 0 bridgehead atoms. The fraction of sp³-hybridized carbons (Fsp3) is 0.909. The maximum absolute atomic E-state index is 6.96. The van der Waals surface area contributed by atoms with Crippen molar-refractivity contribution in [3.63, 3.8) is 0 Å². The van der Waals surface area contributed by atoms with E-state index in [4.69, 9.17) is 10.8 Å². The van der Waals surface area contributed by atoms with Crippen LogP contribution in [0.15, 0.2) is 0 Å². The van der Waals surface area contributed by atoms with Gasteiger partial charge in [0.2, 0.25) is 0 Å². The first kappa shape index (κ1) is 18.5. The van der Waals surface area contributed by atoms with Gasteiger partial charge in [-0.1, -0.05) is 34.1 Å². The van der Waals surface area contributed by atoms with Crippen LogP contribution in [0.5, 0.6) is 0 Å². The average molecular weight is 347 g/mol. The van der Waals surface area contributed by atoms with Gasteiger partial charge in [-0.05, 0) is 79.3 Å². The van der Waals surface area contributed by atoms with E-state index in [1.807, 2.05) is 0 Å². The van der Waals surface area contributed by atoms with Gasteiger partial charge >= 0.3 is 0 Å². The van der Waals surface area contributed by atoms with E-state index in [1.165, 1.54) is 44.9 Å². The summed E-state index contributed by atoms with van der Waals surface area (Å²) in [5.41, 5.74) is 0.968. The van der Waals surface area contributed by atoms with Crippen LogP contribution in [-0.2, 0) is 4.43 Å². The second-order valence-corrected chi connectivity index (χ2v) is 15.6. The Kier molecular flexibility index (Phi) is 4.54. The van der Waals surface area contributed by atoms with Crippen molar-refractivity contribution in [1.82, 2.24) is 0 Å². The van der Waals surface area contributed by atoms with Gasteiger partial charge in [0.25, 0.3) is 0 Å². The first-order valence-corrected chi connectivity index (χ1v) is 13.1. The predicted octanol–water partition coefficient (Wildman–Crippen LogP) is 6.40. The Morgan fingerprint density at radius 3 is 2.33 bits per heavy atom. The quantitative estimate of drug-likeness (QED) is 0.423. The largest absolute Gasteiger partial charge is 0.414 e. The first-order chi connectivity index (χ1) is 11.1. The lowest BCUT2D eigenvalue weighted by molar-refractivity contribution is -0.0254. The van der Waals surface area contributed by atoms with Crippen LogP contribution in [0.2, 0.25) is 18.1 Å². The molecule has 0 radical (unpaired) electrons. The van der Waals surface area contributed by atoms with E-state index in [-0.39, 0.29) is 0 Å². The van der Waals surface area contributed by atoms with Gasteiger partial charge in [-0.2, -0.15) is 0 Å².